The molecule has 0 bridgehead atoms. The Morgan fingerprint density at radius 1 is 1.25 bits per heavy atom. The normalized spacial score (nSPS) is 12.9. The lowest BCUT2D eigenvalue weighted by Crippen LogP contribution is -2.41. The van der Waals surface area contributed by atoms with Crippen LogP contribution in [0.1, 0.15) is 12.5 Å². The number of anilines is 2. The van der Waals surface area contributed by atoms with Crippen molar-refractivity contribution in [3.63, 3.8) is 0 Å². The minimum Gasteiger partial charge on any atom is -0.310 e. The minimum absolute atomic E-state index is 0.0854. The highest BCUT2D eigenvalue weighted by atomic mass is 35.5. The van der Waals surface area contributed by atoms with E-state index in [2.05, 4.69) is 0 Å². The molecule has 1 heterocycles. The quantitative estimate of drug-likeness (QED) is 0.854. The first-order chi connectivity index (χ1) is 11.5. The largest absolute Gasteiger partial charge is 0.310 e. The molecule has 2 aromatic rings. The van der Waals surface area contributed by atoms with Crippen molar-refractivity contribution < 1.29 is 14.0 Å². The second-order valence-corrected chi connectivity index (χ2v) is 6.03. The Morgan fingerprint density at radius 3 is 2.71 bits per heavy atom. The fourth-order valence-corrected chi connectivity index (χ4v) is 3.03. The van der Waals surface area contributed by atoms with Crippen molar-refractivity contribution in [3.8, 4) is 0 Å². The van der Waals surface area contributed by atoms with Crippen LogP contribution < -0.4 is 9.80 Å². The zero-order valence-electron chi connectivity index (χ0n) is 13.1. The van der Waals surface area contributed by atoms with E-state index in [-0.39, 0.29) is 23.4 Å². The molecule has 1 aliphatic rings. The Balaban J connectivity index is 1.83. The molecular formula is C18H16ClFN2O2. The number of fused-ring (bicyclic) bond motifs is 1. The van der Waals surface area contributed by atoms with Crippen LogP contribution in [0.25, 0.3) is 0 Å². The molecule has 0 atom stereocenters. The molecule has 0 aliphatic carbocycles. The molecular weight excluding hydrogens is 331 g/mol. The highest BCUT2D eigenvalue weighted by Crippen LogP contribution is 2.28. The second-order valence-electron chi connectivity index (χ2n) is 5.63. The third-order valence-electron chi connectivity index (χ3n) is 4.08. The van der Waals surface area contributed by atoms with E-state index in [9.17, 15) is 14.0 Å². The number of carbonyl (C=O) groups excluding carboxylic acids is 2. The number of amides is 2. The van der Waals surface area contributed by atoms with Crippen LogP contribution in [-0.4, -0.2) is 24.9 Å². The first-order valence-corrected chi connectivity index (χ1v) is 7.96. The molecule has 0 fully saturated rings. The van der Waals surface area contributed by atoms with Crippen molar-refractivity contribution in [2.45, 2.75) is 13.3 Å². The van der Waals surface area contributed by atoms with Crippen molar-refractivity contribution in [1.29, 1.82) is 0 Å². The molecule has 0 unspecified atom stereocenters. The molecule has 0 N–H and O–H groups in total. The second kappa shape index (κ2) is 6.61. The average Bonchev–Trinajstić information content (AvgIpc) is 2.99. The third kappa shape index (κ3) is 3.12. The molecule has 0 radical (unpaired) electrons. The summed E-state index contributed by atoms with van der Waals surface area (Å²) in [6.45, 7) is 1.84. The van der Waals surface area contributed by atoms with E-state index in [4.69, 9.17) is 11.6 Å². The van der Waals surface area contributed by atoms with Gasteiger partial charge in [0.15, 0.2) is 0 Å². The minimum atomic E-state index is -0.566. The van der Waals surface area contributed by atoms with Crippen LogP contribution in [0.15, 0.2) is 42.5 Å². The van der Waals surface area contributed by atoms with Crippen LogP contribution in [0.4, 0.5) is 15.8 Å². The lowest BCUT2D eigenvalue weighted by Gasteiger charge is -2.25. The lowest BCUT2D eigenvalue weighted by molar-refractivity contribution is -0.121. The van der Waals surface area contributed by atoms with Gasteiger partial charge in [-0.2, -0.15) is 0 Å². The zero-order valence-corrected chi connectivity index (χ0v) is 13.9. The summed E-state index contributed by atoms with van der Waals surface area (Å²) >= 11 is 5.78. The predicted molar refractivity (Wildman–Crippen MR) is 91.9 cm³/mol. The Hall–Kier alpha value is -2.40. The molecule has 4 nitrogen and oxygen atoms in total. The number of halogens is 2. The summed E-state index contributed by atoms with van der Waals surface area (Å²) < 4.78 is 13.3. The highest BCUT2D eigenvalue weighted by Gasteiger charge is 2.27. The smallest absolute Gasteiger partial charge is 0.247 e. The summed E-state index contributed by atoms with van der Waals surface area (Å²) in [5, 5.41) is -0.0854. The molecule has 6 heteroatoms. The van der Waals surface area contributed by atoms with Crippen LogP contribution in [0, 0.1) is 5.82 Å². The summed E-state index contributed by atoms with van der Waals surface area (Å²) in [7, 11) is 0. The fraction of sp³-hybridized carbons (Fsp3) is 0.222. The number of hydrogen-bond donors (Lipinski definition) is 0. The van der Waals surface area contributed by atoms with Crippen LogP contribution in [-0.2, 0) is 16.0 Å². The summed E-state index contributed by atoms with van der Waals surface area (Å²) in [4.78, 5) is 27.6. The van der Waals surface area contributed by atoms with Gasteiger partial charge in [-0.1, -0.05) is 29.8 Å². The average molecular weight is 347 g/mol. The third-order valence-corrected chi connectivity index (χ3v) is 4.37. The van der Waals surface area contributed by atoms with Gasteiger partial charge >= 0.3 is 0 Å². The van der Waals surface area contributed by atoms with E-state index < -0.39 is 5.82 Å². The van der Waals surface area contributed by atoms with E-state index in [1.165, 1.54) is 30.0 Å². The molecule has 3 rings (SSSR count). The number of rotatable bonds is 3. The molecule has 124 valence electrons. The van der Waals surface area contributed by atoms with Crippen molar-refractivity contribution in [1.82, 2.24) is 0 Å². The molecule has 0 aromatic heterocycles. The maximum atomic E-state index is 13.3. The summed E-state index contributed by atoms with van der Waals surface area (Å²) in [6.07, 6.45) is 0.796. The Kier molecular flexibility index (Phi) is 4.53. The maximum absolute atomic E-state index is 13.3. The Morgan fingerprint density at radius 2 is 2.00 bits per heavy atom. The number of nitrogens with zero attached hydrogens (tertiary/aromatic N) is 2. The van der Waals surface area contributed by atoms with Crippen LogP contribution >= 0.6 is 11.6 Å². The topological polar surface area (TPSA) is 40.6 Å². The molecule has 2 aromatic carbocycles. The van der Waals surface area contributed by atoms with E-state index in [1.807, 2.05) is 24.3 Å². The predicted octanol–water partition coefficient (Wildman–Crippen LogP) is 3.42. The van der Waals surface area contributed by atoms with Crippen LogP contribution in [0.2, 0.25) is 5.02 Å². The van der Waals surface area contributed by atoms with Gasteiger partial charge in [0.1, 0.15) is 12.4 Å². The fourth-order valence-electron chi connectivity index (χ4n) is 2.86. The lowest BCUT2D eigenvalue weighted by atomic mass is 10.2. The first kappa shape index (κ1) is 16.5. The van der Waals surface area contributed by atoms with Crippen molar-refractivity contribution in [2.24, 2.45) is 0 Å². The number of benzene rings is 2. The Labute approximate surface area is 144 Å². The van der Waals surface area contributed by atoms with Crippen LogP contribution in [0.3, 0.4) is 0 Å². The molecule has 24 heavy (non-hydrogen) atoms. The van der Waals surface area contributed by atoms with Gasteiger partial charge in [0.25, 0.3) is 0 Å². The SMILES string of the molecule is CC(=O)N(CC(=O)N1CCc2ccccc21)c1ccc(F)c(Cl)c1. The zero-order chi connectivity index (χ0) is 17.3. The van der Waals surface area contributed by atoms with Gasteiger partial charge in [-0.25, -0.2) is 4.39 Å². The summed E-state index contributed by atoms with van der Waals surface area (Å²) in [5.74, 6) is -1.06. The van der Waals surface area contributed by atoms with Crippen molar-refractivity contribution in [3.05, 3.63) is 58.9 Å². The monoisotopic (exact) mass is 346 g/mol. The van der Waals surface area contributed by atoms with Gasteiger partial charge in [-0.05, 0) is 36.2 Å². The van der Waals surface area contributed by atoms with E-state index >= 15 is 0 Å². The summed E-state index contributed by atoms with van der Waals surface area (Å²) in [5.41, 5.74) is 2.39. The van der Waals surface area contributed by atoms with Gasteiger partial charge in [0.2, 0.25) is 11.8 Å². The standard InChI is InChI=1S/C18H16ClFN2O2/c1-12(23)22(14-6-7-16(20)15(19)10-14)11-18(24)21-9-8-13-4-2-3-5-17(13)21/h2-7,10H,8-9,11H2,1H3. The van der Waals surface area contributed by atoms with Gasteiger partial charge < -0.3 is 9.80 Å². The van der Waals surface area contributed by atoms with Crippen molar-refractivity contribution >= 4 is 34.8 Å². The van der Waals surface area contributed by atoms with Crippen molar-refractivity contribution in [2.75, 3.05) is 22.9 Å². The van der Waals surface area contributed by atoms with E-state index in [0.717, 1.165) is 17.7 Å². The highest BCUT2D eigenvalue weighted by molar-refractivity contribution is 6.31. The molecule has 0 saturated carbocycles. The van der Waals surface area contributed by atoms with Gasteiger partial charge in [0.05, 0.1) is 5.02 Å². The molecule has 0 spiro atoms. The molecule has 0 saturated heterocycles. The van der Waals surface area contributed by atoms with Crippen LogP contribution in [0.5, 0.6) is 0 Å². The van der Waals surface area contributed by atoms with Gasteiger partial charge in [-0.15, -0.1) is 0 Å². The molecule has 2 amide bonds. The number of hydrogen-bond acceptors (Lipinski definition) is 2. The maximum Gasteiger partial charge on any atom is 0.247 e. The van der Waals surface area contributed by atoms with E-state index in [0.29, 0.717) is 12.2 Å². The number of para-hydroxylation sites is 1. The first-order valence-electron chi connectivity index (χ1n) is 7.59. The summed E-state index contributed by atoms with van der Waals surface area (Å²) in [6, 6.07) is 11.7. The van der Waals surface area contributed by atoms with E-state index in [1.54, 1.807) is 4.90 Å². The Bertz CT molecular complexity index is 809. The van der Waals surface area contributed by atoms with Gasteiger partial charge in [-0.3, -0.25) is 9.59 Å². The van der Waals surface area contributed by atoms with Gasteiger partial charge in [0, 0.05) is 24.8 Å². The number of carbonyl (C=O) groups is 2. The molecule has 1 aliphatic heterocycles.